The molecule has 2 unspecified atom stereocenters. The quantitative estimate of drug-likeness (QED) is 0.775. The maximum atomic E-state index is 5.81. The van der Waals surface area contributed by atoms with Gasteiger partial charge in [0.2, 0.25) is 0 Å². The van der Waals surface area contributed by atoms with Crippen molar-refractivity contribution in [3.8, 4) is 0 Å². The van der Waals surface area contributed by atoms with Gasteiger partial charge in [0.25, 0.3) is 0 Å². The first-order valence-electron chi connectivity index (χ1n) is 6.39. The Labute approximate surface area is 93.8 Å². The molecule has 2 atom stereocenters. The van der Waals surface area contributed by atoms with Crippen LogP contribution in [-0.4, -0.2) is 24.8 Å². The fraction of sp³-hybridized carbons (Fsp3) is 1.00. The molecule has 0 bridgehead atoms. The normalized spacial score (nSPS) is 39.8. The summed E-state index contributed by atoms with van der Waals surface area (Å²) in [5.41, 5.74) is 0.591. The molecule has 1 saturated carbocycles. The lowest BCUT2D eigenvalue weighted by Gasteiger charge is -2.32. The first-order chi connectivity index (χ1) is 7.02. The summed E-state index contributed by atoms with van der Waals surface area (Å²) in [6.07, 6.45) is 6.52. The average Bonchev–Trinajstić information content (AvgIpc) is 2.70. The first-order valence-corrected chi connectivity index (χ1v) is 6.39. The van der Waals surface area contributed by atoms with Crippen molar-refractivity contribution >= 4 is 0 Å². The van der Waals surface area contributed by atoms with Crippen molar-refractivity contribution in [1.82, 2.24) is 5.32 Å². The summed E-state index contributed by atoms with van der Waals surface area (Å²) in [5, 5.41) is 3.73. The van der Waals surface area contributed by atoms with Crippen LogP contribution in [0.1, 0.15) is 52.9 Å². The Morgan fingerprint density at radius 1 is 1.20 bits per heavy atom. The van der Waals surface area contributed by atoms with E-state index in [1.165, 1.54) is 32.1 Å². The van der Waals surface area contributed by atoms with Gasteiger partial charge in [-0.3, -0.25) is 0 Å². The average molecular weight is 211 g/mol. The topological polar surface area (TPSA) is 21.3 Å². The highest BCUT2D eigenvalue weighted by Gasteiger charge is 2.36. The maximum Gasteiger partial charge on any atom is 0.0779 e. The summed E-state index contributed by atoms with van der Waals surface area (Å²) in [5.74, 6) is 0. The van der Waals surface area contributed by atoms with Crippen molar-refractivity contribution in [2.45, 2.75) is 64.5 Å². The second kappa shape index (κ2) is 4.06. The van der Waals surface area contributed by atoms with Crippen LogP contribution in [0.25, 0.3) is 0 Å². The van der Waals surface area contributed by atoms with Crippen LogP contribution < -0.4 is 5.32 Å². The molecule has 0 aromatic rings. The van der Waals surface area contributed by atoms with Gasteiger partial charge in [-0.05, 0) is 38.0 Å². The smallest absolute Gasteiger partial charge is 0.0779 e. The molecule has 2 aliphatic rings. The zero-order valence-corrected chi connectivity index (χ0v) is 10.4. The lowest BCUT2D eigenvalue weighted by atomic mass is 9.87. The van der Waals surface area contributed by atoms with Crippen molar-refractivity contribution in [1.29, 1.82) is 0 Å². The van der Waals surface area contributed by atoms with Gasteiger partial charge in [-0.15, -0.1) is 0 Å². The van der Waals surface area contributed by atoms with Gasteiger partial charge in [0.15, 0.2) is 0 Å². The molecule has 15 heavy (non-hydrogen) atoms. The third kappa shape index (κ3) is 2.54. The molecule has 0 aromatic carbocycles. The number of rotatable bonds is 3. The Balaban J connectivity index is 1.82. The van der Waals surface area contributed by atoms with E-state index in [2.05, 4.69) is 26.1 Å². The van der Waals surface area contributed by atoms with E-state index in [0.29, 0.717) is 11.5 Å². The Morgan fingerprint density at radius 2 is 2.00 bits per heavy atom. The van der Waals surface area contributed by atoms with Gasteiger partial charge in [0, 0.05) is 19.2 Å². The van der Waals surface area contributed by atoms with Crippen LogP contribution in [0, 0.1) is 5.41 Å². The molecule has 0 spiro atoms. The molecule has 2 rings (SSSR count). The summed E-state index contributed by atoms with van der Waals surface area (Å²) >= 11 is 0. The molecule has 0 aromatic heterocycles. The molecule has 2 heteroatoms. The lowest BCUT2D eigenvalue weighted by Crippen LogP contribution is -2.45. The van der Waals surface area contributed by atoms with E-state index in [0.717, 1.165) is 13.2 Å². The number of nitrogens with one attached hydrogen (secondary N) is 1. The largest absolute Gasteiger partial charge is 0.374 e. The molecule has 0 amide bonds. The molecule has 0 radical (unpaired) electrons. The van der Waals surface area contributed by atoms with Gasteiger partial charge in [-0.25, -0.2) is 0 Å². The molecule has 1 saturated heterocycles. The van der Waals surface area contributed by atoms with Crippen molar-refractivity contribution in [2.24, 2.45) is 5.41 Å². The van der Waals surface area contributed by atoms with Crippen LogP contribution in [0.4, 0.5) is 0 Å². The summed E-state index contributed by atoms with van der Waals surface area (Å²) in [6.45, 7) is 8.99. The van der Waals surface area contributed by atoms with Gasteiger partial charge in [-0.1, -0.05) is 20.3 Å². The third-order valence-corrected chi connectivity index (χ3v) is 4.28. The van der Waals surface area contributed by atoms with E-state index < -0.39 is 0 Å². The number of hydrogen-bond donors (Lipinski definition) is 1. The van der Waals surface area contributed by atoms with Crippen LogP contribution in [0.15, 0.2) is 0 Å². The molecule has 2 nitrogen and oxygen atoms in total. The van der Waals surface area contributed by atoms with E-state index >= 15 is 0 Å². The minimum atomic E-state index is 0.110. The van der Waals surface area contributed by atoms with Gasteiger partial charge >= 0.3 is 0 Å². The lowest BCUT2D eigenvalue weighted by molar-refractivity contribution is 0.0161. The molecule has 1 N–H and O–H groups in total. The zero-order valence-electron chi connectivity index (χ0n) is 10.4. The highest BCUT2D eigenvalue weighted by Crippen LogP contribution is 2.37. The van der Waals surface area contributed by atoms with Gasteiger partial charge in [0.1, 0.15) is 0 Å². The van der Waals surface area contributed by atoms with E-state index in [-0.39, 0.29) is 5.60 Å². The highest BCUT2D eigenvalue weighted by atomic mass is 16.5. The molecule has 1 aliphatic carbocycles. The second-order valence-corrected chi connectivity index (χ2v) is 6.22. The zero-order chi connectivity index (χ0) is 10.9. The van der Waals surface area contributed by atoms with Crippen LogP contribution in [0.2, 0.25) is 0 Å². The SMILES string of the molecule is CC1(CNC2CCCC2(C)C)CCCO1. The number of hydrogen-bond acceptors (Lipinski definition) is 2. The third-order valence-electron chi connectivity index (χ3n) is 4.28. The van der Waals surface area contributed by atoms with Crippen LogP contribution in [-0.2, 0) is 4.74 Å². The molecular weight excluding hydrogens is 186 g/mol. The number of ether oxygens (including phenoxy) is 1. The summed E-state index contributed by atoms with van der Waals surface area (Å²) in [6, 6.07) is 0.693. The van der Waals surface area contributed by atoms with Crippen LogP contribution >= 0.6 is 0 Å². The van der Waals surface area contributed by atoms with Gasteiger partial charge in [-0.2, -0.15) is 0 Å². The van der Waals surface area contributed by atoms with E-state index in [9.17, 15) is 0 Å². The van der Waals surface area contributed by atoms with E-state index in [1.807, 2.05) is 0 Å². The summed E-state index contributed by atoms with van der Waals surface area (Å²) in [4.78, 5) is 0. The van der Waals surface area contributed by atoms with Crippen molar-refractivity contribution in [3.05, 3.63) is 0 Å². The Kier molecular flexibility index (Phi) is 3.09. The van der Waals surface area contributed by atoms with E-state index in [1.54, 1.807) is 0 Å². The Bertz CT molecular complexity index is 219. The Hall–Kier alpha value is -0.0800. The van der Waals surface area contributed by atoms with Crippen molar-refractivity contribution in [2.75, 3.05) is 13.2 Å². The Morgan fingerprint density at radius 3 is 2.53 bits per heavy atom. The molecule has 2 fully saturated rings. The minimum absolute atomic E-state index is 0.110. The van der Waals surface area contributed by atoms with Crippen molar-refractivity contribution < 1.29 is 4.74 Å². The standard InChI is InChI=1S/C13H25NO/c1-12(2)7-4-6-11(12)14-10-13(3)8-5-9-15-13/h11,14H,4-10H2,1-3H3. The fourth-order valence-electron chi connectivity index (χ4n) is 3.02. The predicted molar refractivity (Wildman–Crippen MR) is 63.0 cm³/mol. The molecule has 1 aliphatic heterocycles. The van der Waals surface area contributed by atoms with Crippen LogP contribution in [0.3, 0.4) is 0 Å². The summed E-state index contributed by atoms with van der Waals surface area (Å²) < 4.78 is 5.81. The molecule has 1 heterocycles. The van der Waals surface area contributed by atoms with Crippen LogP contribution in [0.5, 0.6) is 0 Å². The van der Waals surface area contributed by atoms with Crippen molar-refractivity contribution in [3.63, 3.8) is 0 Å². The minimum Gasteiger partial charge on any atom is -0.374 e. The fourth-order valence-corrected chi connectivity index (χ4v) is 3.02. The first kappa shape index (κ1) is 11.4. The van der Waals surface area contributed by atoms with Gasteiger partial charge < -0.3 is 10.1 Å². The monoisotopic (exact) mass is 211 g/mol. The molecular formula is C13H25NO. The maximum absolute atomic E-state index is 5.81. The van der Waals surface area contributed by atoms with Gasteiger partial charge in [0.05, 0.1) is 5.60 Å². The molecule has 88 valence electrons. The summed E-state index contributed by atoms with van der Waals surface area (Å²) in [7, 11) is 0. The van der Waals surface area contributed by atoms with E-state index in [4.69, 9.17) is 4.74 Å². The highest BCUT2D eigenvalue weighted by molar-refractivity contribution is 4.93. The second-order valence-electron chi connectivity index (χ2n) is 6.22. The predicted octanol–water partition coefficient (Wildman–Crippen LogP) is 2.72.